The number of ether oxygens (including phenoxy) is 3. The number of carbonyl (C=O) groups is 2. The summed E-state index contributed by atoms with van der Waals surface area (Å²) in [6.45, 7) is 2.71. The van der Waals surface area contributed by atoms with Crippen LogP contribution in [0.1, 0.15) is 12.8 Å². The van der Waals surface area contributed by atoms with E-state index in [1.165, 1.54) is 0 Å². The molecule has 9 heteroatoms. The zero-order valence-corrected chi connectivity index (χ0v) is 11.2. The first-order valence-electron chi connectivity index (χ1n) is 5.91. The zero-order chi connectivity index (χ0) is 14.7. The Balaban J connectivity index is 1.75. The van der Waals surface area contributed by atoms with Crippen LogP contribution in [0.15, 0.2) is 12.7 Å². The van der Waals surface area contributed by atoms with Crippen LogP contribution in [0.4, 0.5) is 0 Å². The molecule has 112 valence electrons. The summed E-state index contributed by atoms with van der Waals surface area (Å²) in [5.41, 5.74) is 0. The van der Waals surface area contributed by atoms with Gasteiger partial charge in [0, 0.05) is 18.9 Å². The van der Waals surface area contributed by atoms with Crippen LogP contribution >= 0.6 is 0 Å². The Morgan fingerprint density at radius 1 is 1.35 bits per heavy atom. The third-order valence-corrected chi connectivity index (χ3v) is 3.51. The molecule has 0 saturated carbocycles. The molecule has 2 fully saturated rings. The lowest BCUT2D eigenvalue weighted by Crippen LogP contribution is -2.36. The van der Waals surface area contributed by atoms with E-state index >= 15 is 0 Å². The van der Waals surface area contributed by atoms with E-state index in [0.29, 0.717) is 12.8 Å². The van der Waals surface area contributed by atoms with Crippen molar-refractivity contribution in [3.05, 3.63) is 12.7 Å². The van der Waals surface area contributed by atoms with Crippen molar-refractivity contribution in [2.75, 3.05) is 6.61 Å². The molecule has 0 aromatic carbocycles. The smallest absolute Gasteiger partial charge is 0.344 e. The summed E-state index contributed by atoms with van der Waals surface area (Å²) in [6.07, 6.45) is 0.0402. The minimum Gasteiger partial charge on any atom is -0.457 e. The lowest BCUT2D eigenvalue weighted by molar-refractivity contribution is -0.162. The molecular weight excluding hydrogens is 292 g/mol. The summed E-state index contributed by atoms with van der Waals surface area (Å²) in [7, 11) is 0. The number of hydrogen-bond acceptors (Lipinski definition) is 7. The van der Waals surface area contributed by atoms with Gasteiger partial charge in [-0.1, -0.05) is 6.58 Å². The van der Waals surface area contributed by atoms with Crippen molar-refractivity contribution < 1.29 is 36.7 Å². The van der Waals surface area contributed by atoms with Gasteiger partial charge in [0.2, 0.25) is 0 Å². The zero-order valence-electron chi connectivity index (χ0n) is 10.4. The fourth-order valence-corrected chi connectivity index (χ4v) is 2.71. The Labute approximate surface area is 117 Å². The average Bonchev–Trinajstić information content (AvgIpc) is 2.94. The number of carbonyl (C=O) groups excluding carboxylic acids is 2. The molecular formula is C11H14O8S. The fraction of sp³-hybridized carbons (Fsp3) is 0.636. The Bertz CT molecular complexity index is 436. The largest absolute Gasteiger partial charge is 0.457 e. The Morgan fingerprint density at radius 2 is 2.00 bits per heavy atom. The van der Waals surface area contributed by atoms with Crippen molar-refractivity contribution in [2.45, 2.75) is 37.3 Å². The van der Waals surface area contributed by atoms with Gasteiger partial charge in [0.1, 0.15) is 12.2 Å². The second kappa shape index (κ2) is 6.44. The van der Waals surface area contributed by atoms with E-state index in [1.54, 1.807) is 0 Å². The monoisotopic (exact) mass is 306 g/mol. The summed E-state index contributed by atoms with van der Waals surface area (Å²) >= 11 is -2.34. The molecule has 1 N–H and O–H groups in total. The molecule has 5 atom stereocenters. The SMILES string of the molecule is C=CC(=O)OCC(=O)OC1CC2OC1CC2OS(=O)O. The molecule has 0 amide bonds. The van der Waals surface area contributed by atoms with E-state index in [9.17, 15) is 13.8 Å². The van der Waals surface area contributed by atoms with E-state index in [1.807, 2.05) is 0 Å². The quantitative estimate of drug-likeness (QED) is 0.405. The molecule has 0 aliphatic carbocycles. The molecule has 5 unspecified atom stereocenters. The molecule has 2 bridgehead atoms. The van der Waals surface area contributed by atoms with Crippen LogP contribution < -0.4 is 0 Å². The van der Waals surface area contributed by atoms with Crippen LogP contribution in [-0.4, -0.2) is 51.7 Å². The minimum absolute atomic E-state index is 0.368. The molecule has 0 radical (unpaired) electrons. The van der Waals surface area contributed by atoms with Gasteiger partial charge in [-0.05, 0) is 0 Å². The second-order valence-electron chi connectivity index (χ2n) is 4.38. The van der Waals surface area contributed by atoms with Crippen molar-refractivity contribution in [3.8, 4) is 0 Å². The minimum atomic E-state index is -2.34. The second-order valence-corrected chi connectivity index (χ2v) is 5.00. The third-order valence-electron chi connectivity index (χ3n) is 3.10. The highest BCUT2D eigenvalue weighted by Gasteiger charge is 2.50. The lowest BCUT2D eigenvalue weighted by atomic mass is 9.95. The lowest BCUT2D eigenvalue weighted by Gasteiger charge is -2.23. The van der Waals surface area contributed by atoms with Crippen molar-refractivity contribution in [3.63, 3.8) is 0 Å². The first-order valence-corrected chi connectivity index (χ1v) is 6.95. The van der Waals surface area contributed by atoms with Gasteiger partial charge < -0.3 is 14.2 Å². The maximum absolute atomic E-state index is 11.4. The molecule has 8 nitrogen and oxygen atoms in total. The Kier molecular flexibility index (Phi) is 4.86. The molecule has 0 spiro atoms. The predicted molar refractivity (Wildman–Crippen MR) is 64.6 cm³/mol. The molecule has 2 saturated heterocycles. The molecule has 2 heterocycles. The van der Waals surface area contributed by atoms with Crippen LogP contribution in [0.2, 0.25) is 0 Å². The van der Waals surface area contributed by atoms with Crippen molar-refractivity contribution >= 4 is 23.3 Å². The van der Waals surface area contributed by atoms with Crippen LogP contribution in [0.3, 0.4) is 0 Å². The number of rotatable bonds is 6. The van der Waals surface area contributed by atoms with E-state index < -0.39 is 42.1 Å². The topological polar surface area (TPSA) is 108 Å². The molecule has 2 aliphatic rings. The highest BCUT2D eigenvalue weighted by atomic mass is 32.2. The van der Waals surface area contributed by atoms with Gasteiger partial charge in [-0.3, -0.25) is 8.74 Å². The molecule has 2 aliphatic heterocycles. The van der Waals surface area contributed by atoms with E-state index in [0.717, 1.165) is 6.08 Å². The van der Waals surface area contributed by atoms with Gasteiger partial charge in [0.15, 0.2) is 6.61 Å². The van der Waals surface area contributed by atoms with Crippen LogP contribution in [0.5, 0.6) is 0 Å². The van der Waals surface area contributed by atoms with E-state index in [2.05, 4.69) is 11.3 Å². The summed E-state index contributed by atoms with van der Waals surface area (Å²) in [5.74, 6) is -1.38. The molecule has 0 aromatic rings. The highest BCUT2D eigenvalue weighted by Crippen LogP contribution is 2.38. The highest BCUT2D eigenvalue weighted by molar-refractivity contribution is 7.74. The van der Waals surface area contributed by atoms with Gasteiger partial charge in [-0.2, -0.15) is 4.21 Å². The van der Waals surface area contributed by atoms with E-state index in [-0.39, 0.29) is 12.2 Å². The van der Waals surface area contributed by atoms with Crippen LogP contribution in [-0.2, 0) is 39.3 Å². The number of fused-ring (bicyclic) bond motifs is 2. The molecule has 20 heavy (non-hydrogen) atoms. The van der Waals surface area contributed by atoms with Gasteiger partial charge in [0.05, 0.1) is 12.2 Å². The van der Waals surface area contributed by atoms with Gasteiger partial charge in [-0.25, -0.2) is 9.59 Å². The summed E-state index contributed by atoms with van der Waals surface area (Å²) in [6, 6.07) is 0. The normalized spacial score (nSPS) is 32.6. The van der Waals surface area contributed by atoms with Crippen LogP contribution in [0.25, 0.3) is 0 Å². The summed E-state index contributed by atoms with van der Waals surface area (Å²) in [4.78, 5) is 22.2. The van der Waals surface area contributed by atoms with E-state index in [4.69, 9.17) is 18.2 Å². The third kappa shape index (κ3) is 3.63. The first-order chi connectivity index (χ1) is 9.49. The Morgan fingerprint density at radius 3 is 2.55 bits per heavy atom. The first kappa shape index (κ1) is 15.1. The summed E-state index contributed by atoms with van der Waals surface area (Å²) < 4.78 is 39.1. The predicted octanol–water partition coefficient (Wildman–Crippen LogP) is -0.290. The van der Waals surface area contributed by atoms with Gasteiger partial charge >= 0.3 is 23.3 Å². The van der Waals surface area contributed by atoms with Crippen LogP contribution in [0, 0.1) is 0 Å². The number of hydrogen-bond donors (Lipinski definition) is 1. The Hall–Kier alpha value is -1.29. The van der Waals surface area contributed by atoms with Crippen molar-refractivity contribution in [1.29, 1.82) is 0 Å². The maximum Gasteiger partial charge on any atom is 0.344 e. The summed E-state index contributed by atoms with van der Waals surface area (Å²) in [5, 5.41) is 0. The molecule has 0 aromatic heterocycles. The average molecular weight is 306 g/mol. The maximum atomic E-state index is 11.4. The van der Waals surface area contributed by atoms with Gasteiger partial charge in [0.25, 0.3) is 0 Å². The van der Waals surface area contributed by atoms with Crippen molar-refractivity contribution in [2.24, 2.45) is 0 Å². The fourth-order valence-electron chi connectivity index (χ4n) is 2.30. The van der Waals surface area contributed by atoms with Gasteiger partial charge in [-0.15, -0.1) is 0 Å². The molecule has 2 rings (SSSR count). The standard InChI is InChI=1S/C11H14O8S/c1-2-10(12)16-5-11(13)18-7-3-8-9(19-20(14)15)4-6(7)17-8/h2,6-9H,1,3-5H2,(H,14,15). The number of esters is 2. The van der Waals surface area contributed by atoms with Crippen molar-refractivity contribution in [1.82, 2.24) is 0 Å².